The minimum Gasteiger partial charge on any atom is -0.520 e. The average Bonchev–Trinajstić information content (AvgIpc) is 2.61. The Balaban J connectivity index is 2.06. The van der Waals surface area contributed by atoms with Crippen molar-refractivity contribution in [3.63, 3.8) is 0 Å². The summed E-state index contributed by atoms with van der Waals surface area (Å²) in [5, 5.41) is 0. The highest BCUT2D eigenvalue weighted by atomic mass is 28.4. The summed E-state index contributed by atoms with van der Waals surface area (Å²) in [5.41, 5.74) is 2.38. The van der Waals surface area contributed by atoms with Gasteiger partial charge in [0.1, 0.15) is 5.75 Å². The van der Waals surface area contributed by atoms with E-state index in [1.54, 1.807) is 0 Å². The highest BCUT2D eigenvalue weighted by Crippen LogP contribution is 2.33. The second kappa shape index (κ2) is 10.0. The van der Waals surface area contributed by atoms with Gasteiger partial charge >= 0.3 is 17.4 Å². The van der Waals surface area contributed by atoms with E-state index in [1.807, 2.05) is 20.8 Å². The second-order valence-electron chi connectivity index (χ2n) is 6.70. The van der Waals surface area contributed by atoms with Crippen LogP contribution in [-0.2, 0) is 30.7 Å². The fraction of sp³-hybridized carbons (Fsp3) is 0.684. The predicted octanol–water partition coefficient (Wildman–Crippen LogP) is 4.67. The Morgan fingerprint density at radius 1 is 1.04 bits per heavy atom. The maximum Gasteiger partial charge on any atom is 0.501 e. The van der Waals surface area contributed by atoms with Crippen molar-refractivity contribution in [3.05, 3.63) is 29.3 Å². The van der Waals surface area contributed by atoms with Gasteiger partial charge in [-0.1, -0.05) is 19.4 Å². The Kier molecular flexibility index (Phi) is 8.31. The number of hydrogen-bond donors (Lipinski definition) is 0. The molecule has 0 spiro atoms. The molecule has 1 aromatic carbocycles. The van der Waals surface area contributed by atoms with Crippen molar-refractivity contribution in [1.29, 1.82) is 0 Å². The number of aryl methyl sites for hydroxylation is 1. The van der Waals surface area contributed by atoms with Gasteiger partial charge in [-0.2, -0.15) is 0 Å². The van der Waals surface area contributed by atoms with E-state index in [0.717, 1.165) is 36.2 Å². The van der Waals surface area contributed by atoms with E-state index >= 15 is 0 Å². The molecule has 1 aliphatic heterocycles. The summed E-state index contributed by atoms with van der Waals surface area (Å²) in [7, 11) is -4.64. The van der Waals surface area contributed by atoms with Crippen molar-refractivity contribution < 1.29 is 22.1 Å². The van der Waals surface area contributed by atoms with E-state index < -0.39 is 17.4 Å². The van der Waals surface area contributed by atoms with Crippen LogP contribution in [0.25, 0.3) is 0 Å². The lowest BCUT2D eigenvalue weighted by molar-refractivity contribution is 0.0714. The van der Waals surface area contributed by atoms with Gasteiger partial charge in [-0.05, 0) is 51.4 Å². The summed E-state index contributed by atoms with van der Waals surface area (Å²) in [4.78, 5) is 0. The molecular formula is C19H34O5Si2. The molecule has 1 atom stereocenters. The van der Waals surface area contributed by atoms with Crippen LogP contribution in [-0.4, -0.2) is 37.2 Å². The monoisotopic (exact) mass is 398 g/mol. The molecule has 1 unspecified atom stereocenters. The molecule has 26 heavy (non-hydrogen) atoms. The van der Waals surface area contributed by atoms with Gasteiger partial charge in [0, 0.05) is 37.5 Å². The molecule has 7 heteroatoms. The van der Waals surface area contributed by atoms with Crippen molar-refractivity contribution in [2.45, 2.75) is 65.8 Å². The minimum atomic E-state index is -2.60. The Labute approximate surface area is 160 Å². The van der Waals surface area contributed by atoms with Crippen molar-refractivity contribution in [3.8, 4) is 5.75 Å². The normalized spacial score (nSPS) is 19.9. The highest BCUT2D eigenvalue weighted by molar-refractivity contribution is 6.67. The molecule has 5 nitrogen and oxygen atoms in total. The molecule has 148 valence electrons. The molecule has 1 aliphatic rings. The van der Waals surface area contributed by atoms with Crippen LogP contribution in [0.2, 0.25) is 18.6 Å². The molecule has 0 bridgehead atoms. The van der Waals surface area contributed by atoms with Crippen LogP contribution >= 0.6 is 0 Å². The summed E-state index contributed by atoms with van der Waals surface area (Å²) in [6.07, 6.45) is 1.96. The van der Waals surface area contributed by atoms with E-state index in [0.29, 0.717) is 26.4 Å². The zero-order valence-corrected chi connectivity index (χ0v) is 18.9. The lowest BCUT2D eigenvalue weighted by Gasteiger charge is -2.33. The van der Waals surface area contributed by atoms with E-state index in [4.69, 9.17) is 22.1 Å². The van der Waals surface area contributed by atoms with Crippen LogP contribution < -0.4 is 4.43 Å². The van der Waals surface area contributed by atoms with Crippen molar-refractivity contribution in [2.75, 3.05) is 19.8 Å². The van der Waals surface area contributed by atoms with Crippen LogP contribution in [0, 0.1) is 0 Å². The average molecular weight is 399 g/mol. The third kappa shape index (κ3) is 5.64. The van der Waals surface area contributed by atoms with Crippen molar-refractivity contribution in [1.82, 2.24) is 0 Å². The van der Waals surface area contributed by atoms with Gasteiger partial charge in [-0.25, -0.2) is 0 Å². The SMILES string of the molecule is CCC[Si]1(C)OCc2cc(CC[Si](OCC)(OCC)OCC)ccc2O1. The summed E-state index contributed by atoms with van der Waals surface area (Å²) < 4.78 is 30.2. The minimum absolute atomic E-state index is 0.610. The van der Waals surface area contributed by atoms with E-state index in [9.17, 15) is 0 Å². The van der Waals surface area contributed by atoms with Gasteiger partial charge in [0.15, 0.2) is 0 Å². The van der Waals surface area contributed by atoms with Gasteiger partial charge in [0.25, 0.3) is 0 Å². The first-order valence-electron chi connectivity index (χ1n) is 9.86. The summed E-state index contributed by atoms with van der Waals surface area (Å²) in [6, 6.07) is 8.25. The lowest BCUT2D eigenvalue weighted by Crippen LogP contribution is -2.46. The predicted molar refractivity (Wildman–Crippen MR) is 108 cm³/mol. The van der Waals surface area contributed by atoms with E-state index in [-0.39, 0.29) is 0 Å². The standard InChI is InChI=1S/C19H34O5Si2/c1-6-13-25(5)23-16-18-15-17(10-11-19(18)24-25)12-14-26(20-7-2,21-8-3)22-9-4/h10-11,15H,6-9,12-14,16H2,1-5H3. The Morgan fingerprint density at radius 2 is 1.69 bits per heavy atom. The van der Waals surface area contributed by atoms with Crippen molar-refractivity contribution >= 4 is 17.4 Å². The zero-order valence-electron chi connectivity index (χ0n) is 16.9. The second-order valence-corrected chi connectivity index (χ2v) is 12.7. The van der Waals surface area contributed by atoms with Crippen LogP contribution in [0.15, 0.2) is 18.2 Å². The maximum absolute atomic E-state index is 6.23. The molecule has 0 saturated carbocycles. The zero-order chi connectivity index (χ0) is 19.0. The molecule has 0 saturated heterocycles. The topological polar surface area (TPSA) is 46.2 Å². The van der Waals surface area contributed by atoms with Gasteiger partial charge in [0.05, 0.1) is 6.61 Å². The van der Waals surface area contributed by atoms with Gasteiger partial charge in [-0.3, -0.25) is 0 Å². The number of fused-ring (bicyclic) bond motifs is 1. The first-order valence-corrected chi connectivity index (χ1v) is 14.3. The molecule has 2 rings (SSSR count). The van der Waals surface area contributed by atoms with Crippen LogP contribution in [0.4, 0.5) is 0 Å². The highest BCUT2D eigenvalue weighted by Gasteiger charge is 2.40. The number of hydrogen-bond acceptors (Lipinski definition) is 5. The first kappa shape index (κ1) is 21.6. The van der Waals surface area contributed by atoms with E-state index in [1.165, 1.54) is 5.56 Å². The smallest absolute Gasteiger partial charge is 0.501 e. The molecule has 0 fully saturated rings. The summed E-state index contributed by atoms with van der Waals surface area (Å²) >= 11 is 0. The molecule has 0 aliphatic carbocycles. The quantitative estimate of drug-likeness (QED) is 0.507. The van der Waals surface area contributed by atoms with Crippen LogP contribution in [0.1, 0.15) is 45.2 Å². The molecule has 0 amide bonds. The molecule has 1 aromatic rings. The molecular weight excluding hydrogens is 364 g/mol. The maximum atomic E-state index is 6.23. The third-order valence-electron chi connectivity index (χ3n) is 4.50. The van der Waals surface area contributed by atoms with Crippen LogP contribution in [0.5, 0.6) is 5.75 Å². The Bertz CT molecular complexity index is 552. The number of benzene rings is 1. The fourth-order valence-electron chi connectivity index (χ4n) is 3.37. The molecule has 0 aromatic heterocycles. The largest absolute Gasteiger partial charge is 0.520 e. The lowest BCUT2D eigenvalue weighted by atomic mass is 10.1. The number of rotatable bonds is 11. The van der Waals surface area contributed by atoms with Crippen LogP contribution in [0.3, 0.4) is 0 Å². The first-order chi connectivity index (χ1) is 12.5. The van der Waals surface area contributed by atoms with Gasteiger partial charge < -0.3 is 22.1 Å². The van der Waals surface area contributed by atoms with Gasteiger partial charge in [0.2, 0.25) is 0 Å². The summed E-state index contributed by atoms with van der Waals surface area (Å²) in [6.45, 7) is 12.8. The fourth-order valence-corrected chi connectivity index (χ4v) is 8.31. The molecule has 0 radical (unpaired) electrons. The molecule has 0 N–H and O–H groups in total. The molecule has 1 heterocycles. The summed E-state index contributed by atoms with van der Waals surface area (Å²) in [5.74, 6) is 0.991. The van der Waals surface area contributed by atoms with E-state index in [2.05, 4.69) is 31.7 Å². The third-order valence-corrected chi connectivity index (χ3v) is 10.4. The Morgan fingerprint density at radius 3 is 2.27 bits per heavy atom. The van der Waals surface area contributed by atoms with Crippen molar-refractivity contribution in [2.24, 2.45) is 0 Å². The Hall–Kier alpha value is -0.706. The van der Waals surface area contributed by atoms with Gasteiger partial charge in [-0.15, -0.1) is 0 Å².